The Bertz CT molecular complexity index is 552. The van der Waals surface area contributed by atoms with Crippen LogP contribution in [0.3, 0.4) is 0 Å². The topological polar surface area (TPSA) is 64.9 Å². The van der Waals surface area contributed by atoms with Gasteiger partial charge in [0, 0.05) is 12.1 Å². The van der Waals surface area contributed by atoms with Crippen molar-refractivity contribution in [3.8, 4) is 11.4 Å². The van der Waals surface area contributed by atoms with Crippen LogP contribution < -0.4 is 5.73 Å². The SMILES string of the molecule is Cc1cccc(-c2noc(C3(CN)CCC3)n2)c1. The summed E-state index contributed by atoms with van der Waals surface area (Å²) in [6.07, 6.45) is 3.30. The van der Waals surface area contributed by atoms with E-state index in [-0.39, 0.29) is 5.41 Å². The maximum atomic E-state index is 5.85. The highest BCUT2D eigenvalue weighted by Gasteiger charge is 2.42. The first-order valence-electron chi connectivity index (χ1n) is 6.35. The summed E-state index contributed by atoms with van der Waals surface area (Å²) >= 11 is 0. The van der Waals surface area contributed by atoms with Gasteiger partial charge in [-0.1, -0.05) is 35.3 Å². The van der Waals surface area contributed by atoms with E-state index in [1.807, 2.05) is 12.1 Å². The van der Waals surface area contributed by atoms with E-state index in [0.29, 0.717) is 18.3 Å². The fourth-order valence-corrected chi connectivity index (χ4v) is 2.45. The number of hydrogen-bond acceptors (Lipinski definition) is 4. The summed E-state index contributed by atoms with van der Waals surface area (Å²) in [6, 6.07) is 8.11. The molecule has 0 aliphatic heterocycles. The lowest BCUT2D eigenvalue weighted by Gasteiger charge is -2.36. The van der Waals surface area contributed by atoms with Gasteiger partial charge >= 0.3 is 0 Å². The van der Waals surface area contributed by atoms with Gasteiger partial charge in [0.1, 0.15) is 0 Å². The highest BCUT2D eigenvalue weighted by molar-refractivity contribution is 5.55. The van der Waals surface area contributed by atoms with E-state index in [4.69, 9.17) is 10.3 Å². The Morgan fingerprint density at radius 2 is 2.22 bits per heavy atom. The van der Waals surface area contributed by atoms with Crippen molar-refractivity contribution in [3.63, 3.8) is 0 Å². The fourth-order valence-electron chi connectivity index (χ4n) is 2.45. The molecule has 4 heteroatoms. The zero-order chi connectivity index (χ0) is 12.6. The Kier molecular flexibility index (Phi) is 2.67. The summed E-state index contributed by atoms with van der Waals surface area (Å²) in [7, 11) is 0. The molecule has 0 unspecified atom stereocenters. The highest BCUT2D eigenvalue weighted by Crippen LogP contribution is 2.42. The van der Waals surface area contributed by atoms with Crippen LogP contribution in [-0.2, 0) is 5.41 Å². The molecular weight excluding hydrogens is 226 g/mol. The van der Waals surface area contributed by atoms with Crippen molar-refractivity contribution in [1.29, 1.82) is 0 Å². The third-order valence-electron chi connectivity index (χ3n) is 3.86. The first-order chi connectivity index (χ1) is 8.73. The summed E-state index contributed by atoms with van der Waals surface area (Å²) in [5.41, 5.74) is 7.97. The first kappa shape index (κ1) is 11.4. The molecule has 1 fully saturated rings. The van der Waals surface area contributed by atoms with E-state index in [0.717, 1.165) is 18.4 Å². The summed E-state index contributed by atoms with van der Waals surface area (Å²) in [4.78, 5) is 4.53. The fraction of sp³-hybridized carbons (Fsp3) is 0.429. The minimum atomic E-state index is -0.0604. The smallest absolute Gasteiger partial charge is 0.234 e. The van der Waals surface area contributed by atoms with E-state index in [1.54, 1.807) is 0 Å². The molecule has 0 atom stereocenters. The second-order valence-electron chi connectivity index (χ2n) is 5.13. The monoisotopic (exact) mass is 243 g/mol. The second-order valence-corrected chi connectivity index (χ2v) is 5.13. The molecule has 0 radical (unpaired) electrons. The van der Waals surface area contributed by atoms with Gasteiger partial charge in [-0.2, -0.15) is 4.98 Å². The van der Waals surface area contributed by atoms with Gasteiger partial charge < -0.3 is 10.3 Å². The minimum absolute atomic E-state index is 0.0604. The van der Waals surface area contributed by atoms with Crippen LogP contribution in [-0.4, -0.2) is 16.7 Å². The molecule has 1 heterocycles. The van der Waals surface area contributed by atoms with Crippen LogP contribution in [0.1, 0.15) is 30.7 Å². The van der Waals surface area contributed by atoms with Crippen LogP contribution >= 0.6 is 0 Å². The normalized spacial score (nSPS) is 17.4. The van der Waals surface area contributed by atoms with Crippen molar-refractivity contribution in [2.75, 3.05) is 6.54 Å². The van der Waals surface area contributed by atoms with Crippen LogP contribution in [0.25, 0.3) is 11.4 Å². The first-order valence-corrected chi connectivity index (χ1v) is 6.35. The third kappa shape index (κ3) is 1.73. The Morgan fingerprint density at radius 1 is 1.39 bits per heavy atom. The summed E-state index contributed by atoms with van der Waals surface area (Å²) in [6.45, 7) is 2.64. The van der Waals surface area contributed by atoms with Crippen LogP contribution in [0.2, 0.25) is 0 Å². The van der Waals surface area contributed by atoms with Gasteiger partial charge in [-0.25, -0.2) is 0 Å². The van der Waals surface area contributed by atoms with Gasteiger partial charge in [-0.15, -0.1) is 0 Å². The summed E-state index contributed by atoms with van der Waals surface area (Å²) in [5, 5.41) is 4.08. The van der Waals surface area contributed by atoms with Gasteiger partial charge in [0.15, 0.2) is 0 Å². The lowest BCUT2D eigenvalue weighted by atomic mass is 9.69. The number of hydrogen-bond donors (Lipinski definition) is 1. The molecule has 2 aromatic rings. The van der Waals surface area contributed by atoms with E-state index in [1.165, 1.54) is 12.0 Å². The van der Waals surface area contributed by atoms with E-state index in [2.05, 4.69) is 29.2 Å². The van der Waals surface area contributed by atoms with Gasteiger partial charge in [0.25, 0.3) is 0 Å². The molecule has 1 aromatic carbocycles. The van der Waals surface area contributed by atoms with Crippen molar-refractivity contribution in [2.24, 2.45) is 5.73 Å². The van der Waals surface area contributed by atoms with Gasteiger partial charge in [-0.05, 0) is 25.8 Å². The van der Waals surface area contributed by atoms with Crippen molar-refractivity contribution in [1.82, 2.24) is 10.1 Å². The molecule has 1 aliphatic rings. The van der Waals surface area contributed by atoms with Crippen LogP contribution in [0.4, 0.5) is 0 Å². The molecule has 94 valence electrons. The number of nitrogens with two attached hydrogens (primary N) is 1. The highest BCUT2D eigenvalue weighted by atomic mass is 16.5. The van der Waals surface area contributed by atoms with Crippen molar-refractivity contribution < 1.29 is 4.52 Å². The standard InChI is InChI=1S/C14H17N3O/c1-10-4-2-5-11(8-10)12-16-13(18-17-12)14(9-15)6-3-7-14/h2,4-5,8H,3,6-7,9,15H2,1H3. The Morgan fingerprint density at radius 3 is 2.83 bits per heavy atom. The molecule has 0 spiro atoms. The number of aryl methyl sites for hydroxylation is 1. The summed E-state index contributed by atoms with van der Waals surface area (Å²) in [5.74, 6) is 1.36. The Labute approximate surface area is 106 Å². The van der Waals surface area contributed by atoms with E-state index in [9.17, 15) is 0 Å². The largest absolute Gasteiger partial charge is 0.338 e. The van der Waals surface area contributed by atoms with Gasteiger partial charge in [0.2, 0.25) is 11.7 Å². The maximum absolute atomic E-state index is 5.85. The number of benzene rings is 1. The van der Waals surface area contributed by atoms with E-state index < -0.39 is 0 Å². The van der Waals surface area contributed by atoms with Crippen molar-refractivity contribution >= 4 is 0 Å². The minimum Gasteiger partial charge on any atom is -0.338 e. The van der Waals surface area contributed by atoms with Crippen molar-refractivity contribution in [3.05, 3.63) is 35.7 Å². The molecule has 0 saturated heterocycles. The molecular formula is C14H17N3O. The molecule has 18 heavy (non-hydrogen) atoms. The molecule has 2 N–H and O–H groups in total. The number of rotatable bonds is 3. The van der Waals surface area contributed by atoms with Crippen molar-refractivity contribution in [2.45, 2.75) is 31.6 Å². The zero-order valence-corrected chi connectivity index (χ0v) is 10.5. The predicted octanol–water partition coefficient (Wildman–Crippen LogP) is 2.43. The molecule has 1 aromatic heterocycles. The van der Waals surface area contributed by atoms with Gasteiger partial charge in [0.05, 0.1) is 5.41 Å². The molecule has 3 rings (SSSR count). The molecule has 0 amide bonds. The molecule has 1 saturated carbocycles. The average Bonchev–Trinajstić information content (AvgIpc) is 2.78. The molecule has 1 aliphatic carbocycles. The van der Waals surface area contributed by atoms with Gasteiger partial charge in [-0.3, -0.25) is 0 Å². The molecule has 0 bridgehead atoms. The second kappa shape index (κ2) is 4.21. The quantitative estimate of drug-likeness (QED) is 0.899. The summed E-state index contributed by atoms with van der Waals surface area (Å²) < 4.78 is 5.42. The Balaban J connectivity index is 1.94. The van der Waals surface area contributed by atoms with Crippen LogP contribution in [0.15, 0.2) is 28.8 Å². The number of nitrogens with zero attached hydrogens (tertiary/aromatic N) is 2. The predicted molar refractivity (Wildman–Crippen MR) is 69.1 cm³/mol. The lowest BCUT2D eigenvalue weighted by molar-refractivity contribution is 0.182. The average molecular weight is 243 g/mol. The zero-order valence-electron chi connectivity index (χ0n) is 10.5. The Hall–Kier alpha value is -1.68. The third-order valence-corrected chi connectivity index (χ3v) is 3.86. The number of aromatic nitrogens is 2. The van der Waals surface area contributed by atoms with E-state index >= 15 is 0 Å². The molecule has 4 nitrogen and oxygen atoms in total. The lowest BCUT2D eigenvalue weighted by Crippen LogP contribution is -2.41. The maximum Gasteiger partial charge on any atom is 0.234 e. The van der Waals surface area contributed by atoms with Crippen LogP contribution in [0.5, 0.6) is 0 Å². The van der Waals surface area contributed by atoms with Crippen LogP contribution in [0, 0.1) is 6.92 Å².